The summed E-state index contributed by atoms with van der Waals surface area (Å²) in [6.07, 6.45) is 18.7. The van der Waals surface area contributed by atoms with Crippen LogP contribution in [0.25, 0.3) is 10.1 Å². The number of halogens is 1. The van der Waals surface area contributed by atoms with Gasteiger partial charge in [0.25, 0.3) is 5.91 Å². The minimum absolute atomic E-state index is 0.0696. The van der Waals surface area contributed by atoms with Crippen LogP contribution in [0.15, 0.2) is 18.2 Å². The zero-order valence-corrected chi connectivity index (χ0v) is 21.0. The molecule has 1 aromatic carbocycles. The van der Waals surface area contributed by atoms with Crippen molar-refractivity contribution in [2.45, 2.75) is 96.8 Å². The molecule has 0 atom stereocenters. The van der Waals surface area contributed by atoms with Crippen LogP contribution in [0.4, 0.5) is 0 Å². The van der Waals surface area contributed by atoms with Crippen molar-refractivity contribution in [1.29, 1.82) is 0 Å². The van der Waals surface area contributed by atoms with Gasteiger partial charge in [-0.05, 0) is 24.6 Å². The van der Waals surface area contributed by atoms with Crippen molar-refractivity contribution in [2.75, 3.05) is 13.7 Å². The van der Waals surface area contributed by atoms with Gasteiger partial charge in [-0.2, -0.15) is 0 Å². The molecule has 0 aliphatic heterocycles. The predicted octanol–water partition coefficient (Wildman–Crippen LogP) is 8.77. The molecule has 0 fully saturated rings. The predicted molar refractivity (Wildman–Crippen MR) is 136 cm³/mol. The summed E-state index contributed by atoms with van der Waals surface area (Å²) in [6, 6.07) is 5.71. The smallest absolute Gasteiger partial charge is 0.262 e. The molecule has 0 bridgehead atoms. The number of unbranched alkanes of at least 4 members (excludes halogenated alkanes) is 13. The first-order valence-corrected chi connectivity index (χ1v) is 13.4. The molecule has 0 spiro atoms. The first-order valence-electron chi connectivity index (χ1n) is 12.2. The fraction of sp³-hybridized carbons (Fsp3) is 0.654. The Hall–Kier alpha value is -1.26. The van der Waals surface area contributed by atoms with Crippen LogP contribution in [-0.2, 0) is 0 Å². The molecule has 0 saturated heterocycles. The molecular formula is C26H40ClNO2S. The summed E-state index contributed by atoms with van der Waals surface area (Å²) in [4.78, 5) is 13.1. The van der Waals surface area contributed by atoms with Gasteiger partial charge >= 0.3 is 0 Å². The molecule has 0 unspecified atom stereocenters. The minimum atomic E-state index is -0.0696. The van der Waals surface area contributed by atoms with E-state index in [1.807, 2.05) is 18.2 Å². The number of thiophene rings is 1. The van der Waals surface area contributed by atoms with Gasteiger partial charge in [-0.15, -0.1) is 11.3 Å². The lowest BCUT2D eigenvalue weighted by atomic mass is 10.0. The molecule has 1 heterocycles. The van der Waals surface area contributed by atoms with Gasteiger partial charge in [-0.3, -0.25) is 4.79 Å². The Balaban J connectivity index is 1.49. The van der Waals surface area contributed by atoms with Crippen LogP contribution in [0.5, 0.6) is 5.75 Å². The number of amides is 1. The van der Waals surface area contributed by atoms with E-state index >= 15 is 0 Å². The summed E-state index contributed by atoms with van der Waals surface area (Å²) in [5, 5.41) is 4.48. The quantitative estimate of drug-likeness (QED) is 0.237. The molecule has 1 amide bonds. The van der Waals surface area contributed by atoms with Gasteiger partial charge in [0, 0.05) is 16.6 Å². The Labute approximate surface area is 197 Å². The highest BCUT2D eigenvalue weighted by molar-refractivity contribution is 7.21. The molecule has 0 saturated carbocycles. The second-order valence-electron chi connectivity index (χ2n) is 8.46. The Kier molecular flexibility index (Phi) is 13.0. The maximum atomic E-state index is 12.5. The van der Waals surface area contributed by atoms with Crippen molar-refractivity contribution >= 4 is 38.9 Å². The zero-order chi connectivity index (χ0) is 22.3. The number of ether oxygens (including phenoxy) is 1. The highest BCUT2D eigenvalue weighted by atomic mass is 35.5. The Bertz CT molecular complexity index is 774. The van der Waals surface area contributed by atoms with Crippen LogP contribution in [0.2, 0.25) is 5.02 Å². The van der Waals surface area contributed by atoms with Crippen LogP contribution in [0, 0.1) is 0 Å². The van der Waals surface area contributed by atoms with Crippen molar-refractivity contribution in [3.63, 3.8) is 0 Å². The lowest BCUT2D eigenvalue weighted by molar-refractivity contribution is 0.0957. The van der Waals surface area contributed by atoms with E-state index in [9.17, 15) is 4.79 Å². The average molecular weight is 466 g/mol. The molecule has 0 radical (unpaired) electrons. The number of benzene rings is 1. The lowest BCUT2D eigenvalue weighted by Crippen LogP contribution is -2.23. The minimum Gasteiger partial charge on any atom is -0.497 e. The molecule has 174 valence electrons. The van der Waals surface area contributed by atoms with E-state index in [0.717, 1.165) is 22.3 Å². The second-order valence-corrected chi connectivity index (χ2v) is 9.89. The fourth-order valence-corrected chi connectivity index (χ4v) is 5.38. The van der Waals surface area contributed by atoms with Crippen LogP contribution >= 0.6 is 22.9 Å². The molecule has 0 aliphatic carbocycles. The monoisotopic (exact) mass is 465 g/mol. The van der Waals surface area contributed by atoms with Crippen molar-refractivity contribution in [1.82, 2.24) is 5.32 Å². The van der Waals surface area contributed by atoms with Gasteiger partial charge in [0.1, 0.15) is 10.6 Å². The second kappa shape index (κ2) is 15.5. The van der Waals surface area contributed by atoms with Crippen LogP contribution in [-0.4, -0.2) is 19.6 Å². The van der Waals surface area contributed by atoms with Crippen LogP contribution < -0.4 is 10.1 Å². The number of hydrogen-bond acceptors (Lipinski definition) is 3. The van der Waals surface area contributed by atoms with E-state index in [1.165, 1.54) is 94.8 Å². The summed E-state index contributed by atoms with van der Waals surface area (Å²) in [6.45, 7) is 2.99. The molecule has 2 rings (SSSR count). The van der Waals surface area contributed by atoms with Gasteiger partial charge in [0.05, 0.1) is 12.1 Å². The number of rotatable bonds is 17. The Morgan fingerprint density at radius 3 is 2.00 bits per heavy atom. The largest absolute Gasteiger partial charge is 0.497 e. The zero-order valence-electron chi connectivity index (χ0n) is 19.4. The maximum Gasteiger partial charge on any atom is 0.262 e. The molecule has 31 heavy (non-hydrogen) atoms. The Morgan fingerprint density at radius 1 is 0.903 bits per heavy atom. The van der Waals surface area contributed by atoms with E-state index in [1.54, 1.807) is 7.11 Å². The number of carbonyl (C=O) groups is 1. The standard InChI is InChI=1S/C26H40ClNO2S/c1-3-4-5-6-7-8-9-10-11-12-13-14-15-16-19-28-26(29)25-24(27)22-18-17-21(30-2)20-23(22)31-25/h17-18,20H,3-16,19H2,1-2H3,(H,28,29). The molecule has 1 N–H and O–H groups in total. The number of carbonyl (C=O) groups excluding carboxylic acids is 1. The SMILES string of the molecule is CCCCCCCCCCCCCCCCNC(=O)c1sc2cc(OC)ccc2c1Cl. The van der Waals surface area contributed by atoms with Gasteiger partial charge in [-0.25, -0.2) is 0 Å². The summed E-state index contributed by atoms with van der Waals surface area (Å²) in [7, 11) is 1.64. The van der Waals surface area contributed by atoms with Crippen molar-refractivity contribution in [2.24, 2.45) is 0 Å². The Morgan fingerprint density at radius 2 is 1.45 bits per heavy atom. The third-order valence-corrected chi connectivity index (χ3v) is 7.51. The number of hydrogen-bond donors (Lipinski definition) is 1. The van der Waals surface area contributed by atoms with E-state index in [0.29, 0.717) is 16.4 Å². The highest BCUT2D eigenvalue weighted by Gasteiger charge is 2.17. The van der Waals surface area contributed by atoms with E-state index in [2.05, 4.69) is 12.2 Å². The van der Waals surface area contributed by atoms with Gasteiger partial charge in [0.2, 0.25) is 0 Å². The summed E-state index contributed by atoms with van der Waals surface area (Å²) >= 11 is 7.85. The molecule has 5 heteroatoms. The fourth-order valence-electron chi connectivity index (χ4n) is 3.92. The summed E-state index contributed by atoms with van der Waals surface area (Å²) < 4.78 is 6.23. The maximum absolute atomic E-state index is 12.5. The topological polar surface area (TPSA) is 38.3 Å². The first kappa shape index (κ1) is 26.0. The normalized spacial score (nSPS) is 11.2. The lowest BCUT2D eigenvalue weighted by Gasteiger charge is -2.05. The van der Waals surface area contributed by atoms with Crippen molar-refractivity contribution < 1.29 is 9.53 Å². The number of fused-ring (bicyclic) bond motifs is 1. The molecule has 0 aliphatic rings. The van der Waals surface area contributed by atoms with Crippen molar-refractivity contribution in [3.8, 4) is 5.75 Å². The van der Waals surface area contributed by atoms with E-state index < -0.39 is 0 Å². The number of methoxy groups -OCH3 is 1. The van der Waals surface area contributed by atoms with Crippen molar-refractivity contribution in [3.05, 3.63) is 28.1 Å². The molecule has 2 aromatic rings. The van der Waals surface area contributed by atoms with Gasteiger partial charge in [-0.1, -0.05) is 102 Å². The first-order chi connectivity index (χ1) is 15.2. The van der Waals surface area contributed by atoms with Gasteiger partial charge in [0.15, 0.2) is 0 Å². The van der Waals surface area contributed by atoms with E-state index in [4.69, 9.17) is 16.3 Å². The molecule has 3 nitrogen and oxygen atoms in total. The number of nitrogens with one attached hydrogen (secondary N) is 1. The highest BCUT2D eigenvalue weighted by Crippen LogP contribution is 2.37. The average Bonchev–Trinajstić information content (AvgIpc) is 3.12. The van der Waals surface area contributed by atoms with Crippen LogP contribution in [0.1, 0.15) is 106 Å². The van der Waals surface area contributed by atoms with Crippen LogP contribution in [0.3, 0.4) is 0 Å². The molecular weight excluding hydrogens is 426 g/mol. The third-order valence-electron chi connectivity index (χ3n) is 5.86. The summed E-state index contributed by atoms with van der Waals surface area (Å²) in [5.74, 6) is 0.708. The molecule has 1 aromatic heterocycles. The third kappa shape index (κ3) is 9.41. The van der Waals surface area contributed by atoms with E-state index in [-0.39, 0.29) is 5.91 Å². The van der Waals surface area contributed by atoms with Gasteiger partial charge < -0.3 is 10.1 Å². The summed E-state index contributed by atoms with van der Waals surface area (Å²) in [5.41, 5.74) is 0.